The number of ether oxygens (including phenoxy) is 2. The van der Waals surface area contributed by atoms with E-state index in [4.69, 9.17) is 21.1 Å². The lowest BCUT2D eigenvalue weighted by molar-refractivity contribution is 0.0789. The molecule has 9 heteroatoms. The molecule has 1 fully saturated rings. The summed E-state index contributed by atoms with van der Waals surface area (Å²) >= 11 is 6.14. The number of nitrogens with one attached hydrogen (secondary N) is 1. The monoisotopic (exact) mass is 436 g/mol. The number of benzene rings is 2. The van der Waals surface area contributed by atoms with Crippen LogP contribution in [0.25, 0.3) is 0 Å². The Balaban J connectivity index is 1.44. The van der Waals surface area contributed by atoms with Gasteiger partial charge in [0, 0.05) is 18.7 Å². The number of hydrogen-bond donors (Lipinski definition) is 1. The fourth-order valence-corrected chi connectivity index (χ4v) is 5.40. The van der Waals surface area contributed by atoms with Crippen molar-refractivity contribution in [2.45, 2.75) is 23.8 Å². The van der Waals surface area contributed by atoms with Crippen LogP contribution in [0.4, 0.5) is 0 Å². The van der Waals surface area contributed by atoms with Crippen molar-refractivity contribution >= 4 is 27.5 Å². The summed E-state index contributed by atoms with van der Waals surface area (Å²) in [5, 5.41) is 2.88. The average molecular weight is 437 g/mol. The third-order valence-corrected chi connectivity index (χ3v) is 7.31. The van der Waals surface area contributed by atoms with E-state index in [2.05, 4.69) is 5.32 Å². The summed E-state index contributed by atoms with van der Waals surface area (Å²) < 4.78 is 38.5. The first-order valence-electron chi connectivity index (χ1n) is 9.41. The van der Waals surface area contributed by atoms with E-state index >= 15 is 0 Å². The second kappa shape index (κ2) is 8.22. The molecule has 4 rings (SSSR count). The van der Waals surface area contributed by atoms with E-state index in [9.17, 15) is 13.2 Å². The first-order chi connectivity index (χ1) is 13.9. The fraction of sp³-hybridized carbons (Fsp3) is 0.350. The van der Waals surface area contributed by atoms with Gasteiger partial charge in [-0.25, -0.2) is 8.42 Å². The molecule has 1 unspecified atom stereocenters. The first-order valence-corrected chi connectivity index (χ1v) is 11.2. The van der Waals surface area contributed by atoms with Gasteiger partial charge in [0.25, 0.3) is 5.91 Å². The number of hydrogen-bond acceptors (Lipinski definition) is 5. The molecule has 0 spiro atoms. The van der Waals surface area contributed by atoms with Gasteiger partial charge in [0.2, 0.25) is 10.0 Å². The van der Waals surface area contributed by atoms with Gasteiger partial charge in [0.1, 0.15) is 17.6 Å². The van der Waals surface area contributed by atoms with E-state index in [0.717, 1.165) is 12.8 Å². The van der Waals surface area contributed by atoms with Crippen molar-refractivity contribution in [2.75, 3.05) is 26.2 Å². The SMILES string of the molecule is O=C(NCC1COc2ccccc2O1)c1ccc(Cl)c(S(=O)(=O)N2CCCC2)c1. The van der Waals surface area contributed by atoms with Gasteiger partial charge in [0.15, 0.2) is 11.5 Å². The number of rotatable bonds is 5. The van der Waals surface area contributed by atoms with Crippen molar-refractivity contribution in [3.63, 3.8) is 0 Å². The van der Waals surface area contributed by atoms with Gasteiger partial charge in [0.05, 0.1) is 11.6 Å². The third-order valence-electron chi connectivity index (χ3n) is 4.93. The van der Waals surface area contributed by atoms with Crippen LogP contribution in [-0.2, 0) is 10.0 Å². The molecule has 0 radical (unpaired) electrons. The van der Waals surface area contributed by atoms with Gasteiger partial charge < -0.3 is 14.8 Å². The summed E-state index contributed by atoms with van der Waals surface area (Å²) in [6, 6.07) is 11.6. The van der Waals surface area contributed by atoms with Crippen LogP contribution in [0.5, 0.6) is 11.5 Å². The van der Waals surface area contributed by atoms with Crippen molar-refractivity contribution in [3.8, 4) is 11.5 Å². The highest BCUT2D eigenvalue weighted by Crippen LogP contribution is 2.31. The van der Waals surface area contributed by atoms with Crippen LogP contribution in [0.3, 0.4) is 0 Å². The zero-order chi connectivity index (χ0) is 20.4. The Morgan fingerprint density at radius 1 is 1.14 bits per heavy atom. The number of nitrogens with zero attached hydrogens (tertiary/aromatic N) is 1. The van der Waals surface area contributed by atoms with E-state index in [1.807, 2.05) is 18.2 Å². The molecule has 1 amide bonds. The second-order valence-electron chi connectivity index (χ2n) is 6.96. The standard InChI is InChI=1S/C20H21ClN2O5S/c21-16-8-7-14(11-19(16)29(25,26)23-9-3-4-10-23)20(24)22-12-15-13-27-17-5-1-2-6-18(17)28-15/h1-2,5-8,11,15H,3-4,9-10,12-13H2,(H,22,24). The van der Waals surface area contributed by atoms with Crippen molar-refractivity contribution in [1.82, 2.24) is 9.62 Å². The largest absolute Gasteiger partial charge is 0.486 e. The number of carbonyl (C=O) groups excluding carboxylic acids is 1. The lowest BCUT2D eigenvalue weighted by Crippen LogP contribution is -2.40. The average Bonchev–Trinajstić information content (AvgIpc) is 3.28. The predicted octanol–water partition coefficient (Wildman–Crippen LogP) is 2.69. The number of carbonyl (C=O) groups is 1. The number of amides is 1. The summed E-state index contributed by atoms with van der Waals surface area (Å²) in [5.74, 6) is 0.898. The molecule has 2 aromatic rings. The number of fused-ring (bicyclic) bond motifs is 1. The summed E-state index contributed by atoms with van der Waals surface area (Å²) in [6.45, 7) is 1.47. The maximum absolute atomic E-state index is 12.8. The third kappa shape index (κ3) is 4.19. The molecule has 0 saturated carbocycles. The topological polar surface area (TPSA) is 84.9 Å². The number of para-hydroxylation sites is 2. The molecule has 0 aromatic heterocycles. The van der Waals surface area contributed by atoms with Crippen LogP contribution in [0.2, 0.25) is 5.02 Å². The van der Waals surface area contributed by atoms with Crippen LogP contribution in [0.15, 0.2) is 47.4 Å². The van der Waals surface area contributed by atoms with Gasteiger partial charge >= 0.3 is 0 Å². The molecule has 1 atom stereocenters. The van der Waals surface area contributed by atoms with Crippen molar-refractivity contribution < 1.29 is 22.7 Å². The van der Waals surface area contributed by atoms with Gasteiger partial charge in [-0.05, 0) is 43.2 Å². The molecule has 1 saturated heterocycles. The molecule has 2 aliphatic heterocycles. The molecule has 7 nitrogen and oxygen atoms in total. The van der Waals surface area contributed by atoms with Crippen molar-refractivity contribution in [1.29, 1.82) is 0 Å². The minimum atomic E-state index is -3.72. The van der Waals surface area contributed by atoms with Gasteiger partial charge in [-0.3, -0.25) is 4.79 Å². The first kappa shape index (κ1) is 20.0. The summed E-state index contributed by atoms with van der Waals surface area (Å²) in [6.07, 6.45) is 1.31. The zero-order valence-corrected chi connectivity index (χ0v) is 17.2. The Bertz CT molecular complexity index is 1020. The highest BCUT2D eigenvalue weighted by molar-refractivity contribution is 7.89. The van der Waals surface area contributed by atoms with Crippen LogP contribution < -0.4 is 14.8 Å². The van der Waals surface area contributed by atoms with E-state index in [1.165, 1.54) is 22.5 Å². The molecule has 2 heterocycles. The zero-order valence-electron chi connectivity index (χ0n) is 15.6. The molecule has 1 N–H and O–H groups in total. The maximum atomic E-state index is 12.8. The lowest BCUT2D eigenvalue weighted by Gasteiger charge is -2.26. The van der Waals surface area contributed by atoms with Crippen LogP contribution in [0.1, 0.15) is 23.2 Å². The molecular formula is C20H21ClN2O5S. The quantitative estimate of drug-likeness (QED) is 0.778. The lowest BCUT2D eigenvalue weighted by atomic mass is 10.2. The molecule has 154 valence electrons. The highest BCUT2D eigenvalue weighted by atomic mass is 35.5. The van der Waals surface area contributed by atoms with E-state index < -0.39 is 15.9 Å². The minimum Gasteiger partial charge on any atom is -0.486 e. The predicted molar refractivity (Wildman–Crippen MR) is 108 cm³/mol. The Hall–Kier alpha value is -2.29. The molecule has 29 heavy (non-hydrogen) atoms. The molecule has 2 aromatic carbocycles. The Kier molecular flexibility index (Phi) is 5.67. The molecule has 2 aliphatic rings. The molecule has 0 aliphatic carbocycles. The van der Waals surface area contributed by atoms with E-state index in [1.54, 1.807) is 6.07 Å². The van der Waals surface area contributed by atoms with Crippen molar-refractivity contribution in [3.05, 3.63) is 53.1 Å². The highest BCUT2D eigenvalue weighted by Gasteiger charge is 2.30. The van der Waals surface area contributed by atoms with E-state index in [-0.39, 0.29) is 28.1 Å². The van der Waals surface area contributed by atoms with Crippen LogP contribution in [-0.4, -0.2) is 51.0 Å². The summed E-state index contributed by atoms with van der Waals surface area (Å²) in [4.78, 5) is 12.5. The second-order valence-corrected chi connectivity index (χ2v) is 9.28. The van der Waals surface area contributed by atoms with Gasteiger partial charge in [-0.2, -0.15) is 4.31 Å². The minimum absolute atomic E-state index is 0.0418. The normalized spacial score (nSPS) is 19.1. The van der Waals surface area contributed by atoms with Crippen molar-refractivity contribution in [2.24, 2.45) is 0 Å². The van der Waals surface area contributed by atoms with Crippen LogP contribution >= 0.6 is 11.6 Å². The maximum Gasteiger partial charge on any atom is 0.251 e. The Labute approximate surface area is 174 Å². The molecular weight excluding hydrogens is 416 g/mol. The van der Waals surface area contributed by atoms with Gasteiger partial charge in [-0.1, -0.05) is 23.7 Å². The smallest absolute Gasteiger partial charge is 0.251 e. The fourth-order valence-electron chi connectivity index (χ4n) is 3.38. The Morgan fingerprint density at radius 2 is 1.86 bits per heavy atom. The number of sulfonamides is 1. The van der Waals surface area contributed by atoms with Crippen LogP contribution in [0, 0.1) is 0 Å². The van der Waals surface area contributed by atoms with E-state index in [0.29, 0.717) is 31.2 Å². The summed E-state index contributed by atoms with van der Waals surface area (Å²) in [7, 11) is -3.72. The number of halogens is 1. The Morgan fingerprint density at radius 3 is 2.62 bits per heavy atom. The van der Waals surface area contributed by atoms with Gasteiger partial charge in [-0.15, -0.1) is 0 Å². The molecule has 0 bridgehead atoms. The summed E-state index contributed by atoms with van der Waals surface area (Å²) in [5.41, 5.74) is 0.226.